The number of nitrogens with zero attached hydrogens (tertiary/aromatic N) is 2. The van der Waals surface area contributed by atoms with E-state index < -0.39 is 0 Å². The van der Waals surface area contributed by atoms with Gasteiger partial charge in [0.2, 0.25) is 11.8 Å². The number of anilines is 2. The molecule has 7 heteroatoms. The summed E-state index contributed by atoms with van der Waals surface area (Å²) < 4.78 is 0. The molecule has 2 aromatic carbocycles. The summed E-state index contributed by atoms with van der Waals surface area (Å²) in [6.07, 6.45) is 4.15. The highest BCUT2D eigenvalue weighted by Gasteiger charge is 2.26. The number of hydrogen-bond acceptors (Lipinski definition) is 5. The van der Waals surface area contributed by atoms with E-state index in [0.717, 1.165) is 42.9 Å². The van der Waals surface area contributed by atoms with Crippen LogP contribution < -0.4 is 10.6 Å². The summed E-state index contributed by atoms with van der Waals surface area (Å²) in [5, 5.41) is 6.53. The van der Waals surface area contributed by atoms with Crippen LogP contribution in [-0.2, 0) is 16.0 Å². The number of benzene rings is 2. The zero-order valence-electron chi connectivity index (χ0n) is 18.2. The maximum atomic E-state index is 12.5. The van der Waals surface area contributed by atoms with Crippen molar-refractivity contribution < 1.29 is 9.59 Å². The van der Waals surface area contributed by atoms with Crippen LogP contribution in [-0.4, -0.2) is 41.3 Å². The highest BCUT2D eigenvalue weighted by molar-refractivity contribution is 7.15. The molecule has 1 aliphatic rings. The fraction of sp³-hybridized carbons (Fsp3) is 0.320. The van der Waals surface area contributed by atoms with Crippen LogP contribution in [0.25, 0.3) is 0 Å². The standard InChI is InChI=1S/C25H28N4O2S/c1-18-6-5-7-19(14-18)15-22-16-26-25(32-22)28-23(30)17-29-12-10-20(11-13-29)24(31)27-21-8-3-2-4-9-21/h2-9,14,16,20H,10-13,15,17H2,1H3,(H,27,31)(H,26,28,30). The van der Waals surface area contributed by atoms with Crippen molar-refractivity contribution in [2.45, 2.75) is 26.2 Å². The van der Waals surface area contributed by atoms with Crippen LogP contribution in [0, 0.1) is 12.8 Å². The Labute approximate surface area is 192 Å². The summed E-state index contributed by atoms with van der Waals surface area (Å²) in [7, 11) is 0. The number of nitrogens with one attached hydrogen (secondary N) is 2. The maximum Gasteiger partial charge on any atom is 0.240 e. The minimum Gasteiger partial charge on any atom is -0.326 e. The third kappa shape index (κ3) is 6.24. The molecule has 1 saturated heterocycles. The van der Waals surface area contributed by atoms with Gasteiger partial charge in [-0.3, -0.25) is 14.5 Å². The second kappa shape index (κ2) is 10.5. The summed E-state index contributed by atoms with van der Waals surface area (Å²) in [6.45, 7) is 3.87. The SMILES string of the molecule is Cc1cccc(Cc2cnc(NC(=O)CN3CCC(C(=O)Nc4ccccc4)CC3)s2)c1. The molecular formula is C25H28N4O2S. The number of aromatic nitrogens is 1. The predicted molar refractivity (Wildman–Crippen MR) is 129 cm³/mol. The van der Waals surface area contributed by atoms with Crippen LogP contribution in [0.1, 0.15) is 28.8 Å². The summed E-state index contributed by atoms with van der Waals surface area (Å²) >= 11 is 1.51. The number of carbonyl (C=O) groups is 2. The van der Waals surface area contributed by atoms with Gasteiger partial charge in [-0.05, 0) is 50.6 Å². The van der Waals surface area contributed by atoms with Gasteiger partial charge in [0.05, 0.1) is 6.54 Å². The number of para-hydroxylation sites is 1. The largest absolute Gasteiger partial charge is 0.326 e. The average Bonchev–Trinajstić information content (AvgIpc) is 3.21. The van der Waals surface area contributed by atoms with Crippen molar-refractivity contribution in [2.24, 2.45) is 5.92 Å². The van der Waals surface area contributed by atoms with Gasteiger partial charge < -0.3 is 10.6 Å². The van der Waals surface area contributed by atoms with E-state index in [2.05, 4.69) is 51.7 Å². The Bertz CT molecular complexity index is 1060. The number of carbonyl (C=O) groups excluding carboxylic acids is 2. The normalized spacial score (nSPS) is 14.8. The number of thiazole rings is 1. The van der Waals surface area contributed by atoms with Gasteiger partial charge in [0.1, 0.15) is 0 Å². The molecule has 2 N–H and O–H groups in total. The molecular weight excluding hydrogens is 420 g/mol. The van der Waals surface area contributed by atoms with E-state index in [4.69, 9.17) is 0 Å². The second-order valence-electron chi connectivity index (χ2n) is 8.25. The van der Waals surface area contributed by atoms with Crippen molar-refractivity contribution in [1.29, 1.82) is 0 Å². The molecule has 1 aliphatic heterocycles. The van der Waals surface area contributed by atoms with E-state index >= 15 is 0 Å². The van der Waals surface area contributed by atoms with Crippen LogP contribution in [0.15, 0.2) is 60.8 Å². The summed E-state index contributed by atoms with van der Waals surface area (Å²) in [5.41, 5.74) is 3.30. The molecule has 0 unspecified atom stereocenters. The fourth-order valence-corrected chi connectivity index (χ4v) is 4.81. The first-order chi connectivity index (χ1) is 15.5. The monoisotopic (exact) mass is 448 g/mol. The molecule has 0 bridgehead atoms. The average molecular weight is 449 g/mol. The van der Waals surface area contributed by atoms with Crippen LogP contribution in [0.5, 0.6) is 0 Å². The highest BCUT2D eigenvalue weighted by atomic mass is 32.1. The van der Waals surface area contributed by atoms with E-state index in [1.54, 1.807) is 0 Å². The zero-order valence-corrected chi connectivity index (χ0v) is 19.0. The van der Waals surface area contributed by atoms with Gasteiger partial charge in [0, 0.05) is 29.1 Å². The number of amides is 2. The molecule has 0 saturated carbocycles. The number of likely N-dealkylation sites (tertiary alicyclic amines) is 1. The summed E-state index contributed by atoms with van der Waals surface area (Å²) in [4.78, 5) is 32.5. The number of piperidine rings is 1. The fourth-order valence-electron chi connectivity index (χ4n) is 3.95. The van der Waals surface area contributed by atoms with Gasteiger partial charge in [-0.25, -0.2) is 4.98 Å². The Balaban J connectivity index is 1.21. The molecule has 1 aromatic heterocycles. The van der Waals surface area contributed by atoms with Gasteiger partial charge in [0.15, 0.2) is 5.13 Å². The molecule has 4 rings (SSSR count). The molecule has 0 radical (unpaired) electrons. The molecule has 6 nitrogen and oxygen atoms in total. The first kappa shape index (κ1) is 22.2. The van der Waals surface area contributed by atoms with Crippen molar-refractivity contribution in [3.63, 3.8) is 0 Å². The lowest BCUT2D eigenvalue weighted by Crippen LogP contribution is -2.41. The maximum absolute atomic E-state index is 12.5. The Morgan fingerprint density at radius 3 is 2.59 bits per heavy atom. The van der Waals surface area contributed by atoms with Crippen molar-refractivity contribution >= 4 is 34.0 Å². The Morgan fingerprint density at radius 2 is 1.84 bits per heavy atom. The van der Waals surface area contributed by atoms with Crippen LogP contribution in [0.4, 0.5) is 10.8 Å². The van der Waals surface area contributed by atoms with Gasteiger partial charge >= 0.3 is 0 Å². The van der Waals surface area contributed by atoms with Crippen LogP contribution >= 0.6 is 11.3 Å². The number of aryl methyl sites for hydroxylation is 1. The second-order valence-corrected chi connectivity index (χ2v) is 9.37. The van der Waals surface area contributed by atoms with E-state index in [1.165, 1.54) is 22.5 Å². The Kier molecular flexibility index (Phi) is 7.29. The third-order valence-corrected chi connectivity index (χ3v) is 6.54. The Hall–Kier alpha value is -3.03. The topological polar surface area (TPSA) is 74.3 Å². The number of rotatable bonds is 7. The number of hydrogen-bond donors (Lipinski definition) is 2. The zero-order chi connectivity index (χ0) is 22.3. The molecule has 2 heterocycles. The molecule has 3 aromatic rings. The molecule has 0 spiro atoms. The molecule has 0 atom stereocenters. The smallest absolute Gasteiger partial charge is 0.240 e. The summed E-state index contributed by atoms with van der Waals surface area (Å²) in [5.74, 6) is -0.0180. The minimum atomic E-state index is -0.0614. The molecule has 32 heavy (non-hydrogen) atoms. The quantitative estimate of drug-likeness (QED) is 0.564. The first-order valence-electron chi connectivity index (χ1n) is 10.9. The lowest BCUT2D eigenvalue weighted by Gasteiger charge is -2.30. The molecule has 0 aliphatic carbocycles. The van der Waals surface area contributed by atoms with Crippen molar-refractivity contribution in [3.8, 4) is 0 Å². The van der Waals surface area contributed by atoms with Crippen molar-refractivity contribution in [1.82, 2.24) is 9.88 Å². The van der Waals surface area contributed by atoms with Crippen molar-refractivity contribution in [2.75, 3.05) is 30.3 Å². The van der Waals surface area contributed by atoms with Crippen LogP contribution in [0.3, 0.4) is 0 Å². The molecule has 2 amide bonds. The van der Waals surface area contributed by atoms with E-state index in [-0.39, 0.29) is 17.7 Å². The van der Waals surface area contributed by atoms with Gasteiger partial charge in [-0.1, -0.05) is 48.0 Å². The van der Waals surface area contributed by atoms with Gasteiger partial charge in [-0.2, -0.15) is 0 Å². The van der Waals surface area contributed by atoms with Crippen molar-refractivity contribution in [3.05, 3.63) is 76.8 Å². The van der Waals surface area contributed by atoms with Gasteiger partial charge in [0.25, 0.3) is 0 Å². The van der Waals surface area contributed by atoms with E-state index in [9.17, 15) is 9.59 Å². The lowest BCUT2D eigenvalue weighted by atomic mass is 9.96. The first-order valence-corrected chi connectivity index (χ1v) is 11.8. The van der Waals surface area contributed by atoms with E-state index in [1.807, 2.05) is 36.5 Å². The summed E-state index contributed by atoms with van der Waals surface area (Å²) in [6, 6.07) is 17.9. The Morgan fingerprint density at radius 1 is 1.06 bits per heavy atom. The predicted octanol–water partition coefficient (Wildman–Crippen LogP) is 4.33. The molecule has 166 valence electrons. The van der Waals surface area contributed by atoms with Gasteiger partial charge in [-0.15, -0.1) is 11.3 Å². The van der Waals surface area contributed by atoms with Crippen LogP contribution in [0.2, 0.25) is 0 Å². The van der Waals surface area contributed by atoms with E-state index in [0.29, 0.717) is 11.7 Å². The lowest BCUT2D eigenvalue weighted by molar-refractivity contribution is -0.121. The highest BCUT2D eigenvalue weighted by Crippen LogP contribution is 2.22. The minimum absolute atomic E-state index is 0.0161. The third-order valence-electron chi connectivity index (χ3n) is 5.63. The molecule has 1 fully saturated rings.